The Morgan fingerprint density at radius 2 is 1.76 bits per heavy atom. The van der Waals surface area contributed by atoms with Crippen molar-refractivity contribution >= 4 is 11.6 Å². The molecule has 2 rings (SSSR count). The first kappa shape index (κ1) is 15.2. The summed E-state index contributed by atoms with van der Waals surface area (Å²) in [5.74, 6) is -2.05. The minimum atomic E-state index is -0.794. The fourth-order valence-corrected chi connectivity index (χ4v) is 2.09. The van der Waals surface area contributed by atoms with E-state index in [1.165, 1.54) is 18.0 Å². The van der Waals surface area contributed by atoms with E-state index < -0.39 is 17.7 Å². The van der Waals surface area contributed by atoms with Gasteiger partial charge in [0.2, 0.25) is 0 Å². The van der Waals surface area contributed by atoms with Crippen LogP contribution in [0.2, 0.25) is 0 Å². The molecule has 1 aromatic heterocycles. The molecule has 0 radical (unpaired) electrons. The quantitative estimate of drug-likeness (QED) is 0.931. The number of pyridine rings is 1. The van der Waals surface area contributed by atoms with Gasteiger partial charge in [0.05, 0.1) is 6.04 Å². The molecule has 0 bridgehead atoms. The van der Waals surface area contributed by atoms with Crippen LogP contribution in [0.4, 0.5) is 24.8 Å². The summed E-state index contributed by atoms with van der Waals surface area (Å²) in [6, 6.07) is 6.56. The van der Waals surface area contributed by atoms with Gasteiger partial charge in [-0.25, -0.2) is 18.2 Å². The Hall–Kier alpha value is -2.24. The molecule has 3 nitrogen and oxygen atoms in total. The first-order chi connectivity index (χ1) is 9.95. The number of aromatic nitrogens is 1. The maximum atomic E-state index is 13.9. The minimum absolute atomic E-state index is 0.0449. The van der Waals surface area contributed by atoms with Crippen LogP contribution < -0.4 is 10.2 Å². The Morgan fingerprint density at radius 1 is 1.10 bits per heavy atom. The lowest BCUT2D eigenvalue weighted by molar-refractivity contribution is 0.556. The van der Waals surface area contributed by atoms with E-state index in [-0.39, 0.29) is 17.5 Å². The fraction of sp³-hybridized carbons (Fsp3) is 0.267. The second kappa shape index (κ2) is 6.03. The molecule has 21 heavy (non-hydrogen) atoms. The number of nitrogens with one attached hydrogen (secondary N) is 1. The number of nitrogens with zero attached hydrogens (tertiary/aromatic N) is 2. The summed E-state index contributed by atoms with van der Waals surface area (Å²) in [7, 11) is 3.08. The van der Waals surface area contributed by atoms with Gasteiger partial charge in [-0.3, -0.25) is 0 Å². The van der Waals surface area contributed by atoms with Crippen molar-refractivity contribution < 1.29 is 13.2 Å². The first-order valence-electron chi connectivity index (χ1n) is 6.46. The largest absolute Gasteiger partial charge is 0.371 e. The lowest BCUT2D eigenvalue weighted by atomic mass is 10.1. The van der Waals surface area contributed by atoms with E-state index in [0.29, 0.717) is 5.56 Å². The van der Waals surface area contributed by atoms with Gasteiger partial charge in [0, 0.05) is 25.7 Å². The molecule has 112 valence electrons. The van der Waals surface area contributed by atoms with E-state index in [1.807, 2.05) is 0 Å². The zero-order chi connectivity index (χ0) is 15.6. The molecule has 6 heteroatoms. The summed E-state index contributed by atoms with van der Waals surface area (Å²) < 4.78 is 41.2. The number of halogens is 3. The van der Waals surface area contributed by atoms with E-state index in [2.05, 4.69) is 10.3 Å². The maximum Gasteiger partial charge on any atom is 0.168 e. The summed E-state index contributed by atoms with van der Waals surface area (Å²) in [5.41, 5.74) is 0.413. The molecule has 1 N–H and O–H groups in total. The molecule has 0 fully saturated rings. The summed E-state index contributed by atoms with van der Waals surface area (Å²) in [6.45, 7) is 1.72. The van der Waals surface area contributed by atoms with Crippen molar-refractivity contribution in [1.29, 1.82) is 0 Å². The highest BCUT2D eigenvalue weighted by Gasteiger charge is 2.21. The van der Waals surface area contributed by atoms with Gasteiger partial charge in [-0.15, -0.1) is 0 Å². The zero-order valence-electron chi connectivity index (χ0n) is 12.0. The molecular weight excluding hydrogens is 279 g/mol. The van der Waals surface area contributed by atoms with Crippen LogP contribution in [0.1, 0.15) is 18.5 Å². The van der Waals surface area contributed by atoms with Gasteiger partial charge in [-0.1, -0.05) is 18.2 Å². The molecule has 1 heterocycles. The van der Waals surface area contributed by atoms with E-state index in [9.17, 15) is 13.2 Å². The highest BCUT2D eigenvalue weighted by molar-refractivity contribution is 5.50. The van der Waals surface area contributed by atoms with Crippen LogP contribution in [-0.2, 0) is 0 Å². The lowest BCUT2D eigenvalue weighted by Crippen LogP contribution is -2.25. The third kappa shape index (κ3) is 2.94. The van der Waals surface area contributed by atoms with Crippen LogP contribution in [-0.4, -0.2) is 19.1 Å². The normalized spacial score (nSPS) is 12.1. The number of benzene rings is 1. The van der Waals surface area contributed by atoms with Crippen molar-refractivity contribution in [2.75, 3.05) is 24.3 Å². The Bertz CT molecular complexity index is 646. The highest BCUT2D eigenvalue weighted by Crippen LogP contribution is 2.29. The van der Waals surface area contributed by atoms with Crippen LogP contribution >= 0.6 is 0 Å². The summed E-state index contributed by atoms with van der Waals surface area (Å²) in [5, 5.41) is 2.55. The van der Waals surface area contributed by atoms with Crippen molar-refractivity contribution in [2.24, 2.45) is 0 Å². The van der Waals surface area contributed by atoms with Crippen molar-refractivity contribution in [3.05, 3.63) is 53.3 Å². The van der Waals surface area contributed by atoms with Crippen LogP contribution in [0, 0.1) is 17.5 Å². The molecule has 0 aliphatic heterocycles. The summed E-state index contributed by atoms with van der Waals surface area (Å²) in [6.07, 6.45) is 0. The Kier molecular flexibility index (Phi) is 4.35. The molecule has 1 aromatic carbocycles. The Morgan fingerprint density at radius 3 is 2.38 bits per heavy atom. The number of hydrogen-bond donors (Lipinski definition) is 1. The second-order valence-corrected chi connectivity index (χ2v) is 4.68. The molecule has 0 spiro atoms. The molecule has 0 amide bonds. The molecular formula is C15H16F3N3. The second-order valence-electron chi connectivity index (χ2n) is 4.68. The highest BCUT2D eigenvalue weighted by atomic mass is 19.1. The average Bonchev–Trinajstić information content (AvgIpc) is 2.46. The standard InChI is InChI=1S/C15H16F3N3/c1-9(10-6-4-5-7-11(10)16)21(3)15-13(18)8-12(17)14(19-2)20-15/h4-9H,1-3H3,(H,19,20). The molecule has 0 aliphatic rings. The topological polar surface area (TPSA) is 28.2 Å². The summed E-state index contributed by atoms with van der Waals surface area (Å²) in [4.78, 5) is 5.38. The van der Waals surface area contributed by atoms with Gasteiger partial charge < -0.3 is 10.2 Å². The molecule has 2 aromatic rings. The smallest absolute Gasteiger partial charge is 0.168 e. The lowest BCUT2D eigenvalue weighted by Gasteiger charge is -2.27. The van der Waals surface area contributed by atoms with Crippen molar-refractivity contribution in [2.45, 2.75) is 13.0 Å². The van der Waals surface area contributed by atoms with Crippen molar-refractivity contribution in [1.82, 2.24) is 4.98 Å². The van der Waals surface area contributed by atoms with Crippen molar-refractivity contribution in [3.8, 4) is 0 Å². The van der Waals surface area contributed by atoms with E-state index in [0.717, 1.165) is 6.07 Å². The number of anilines is 2. The minimum Gasteiger partial charge on any atom is -0.371 e. The van der Waals surface area contributed by atoms with Crippen LogP contribution in [0.3, 0.4) is 0 Å². The maximum absolute atomic E-state index is 13.9. The molecule has 0 aliphatic carbocycles. The first-order valence-corrected chi connectivity index (χ1v) is 6.46. The van der Waals surface area contributed by atoms with Crippen LogP contribution in [0.25, 0.3) is 0 Å². The number of hydrogen-bond acceptors (Lipinski definition) is 3. The monoisotopic (exact) mass is 295 g/mol. The predicted molar refractivity (Wildman–Crippen MR) is 76.9 cm³/mol. The van der Waals surface area contributed by atoms with Gasteiger partial charge in [0.1, 0.15) is 5.82 Å². The summed E-state index contributed by atoms with van der Waals surface area (Å²) >= 11 is 0. The molecule has 0 saturated carbocycles. The third-order valence-corrected chi connectivity index (χ3v) is 3.42. The molecule has 0 saturated heterocycles. The predicted octanol–water partition coefficient (Wildman–Crippen LogP) is 3.74. The average molecular weight is 295 g/mol. The van der Waals surface area contributed by atoms with Crippen molar-refractivity contribution in [3.63, 3.8) is 0 Å². The molecule has 1 atom stereocenters. The number of rotatable bonds is 4. The van der Waals surface area contributed by atoms with Crippen LogP contribution in [0.15, 0.2) is 30.3 Å². The third-order valence-electron chi connectivity index (χ3n) is 3.42. The van der Waals surface area contributed by atoms with Gasteiger partial charge in [0.15, 0.2) is 23.3 Å². The Labute approximate surface area is 121 Å². The van der Waals surface area contributed by atoms with Gasteiger partial charge >= 0.3 is 0 Å². The van der Waals surface area contributed by atoms with Crippen LogP contribution in [0.5, 0.6) is 0 Å². The fourth-order valence-electron chi connectivity index (χ4n) is 2.09. The Balaban J connectivity index is 2.40. The van der Waals surface area contributed by atoms with Gasteiger partial charge in [0.25, 0.3) is 0 Å². The van der Waals surface area contributed by atoms with E-state index in [4.69, 9.17) is 0 Å². The van der Waals surface area contributed by atoms with Gasteiger partial charge in [-0.2, -0.15) is 0 Å². The van der Waals surface area contributed by atoms with E-state index >= 15 is 0 Å². The SMILES string of the molecule is CNc1nc(N(C)C(C)c2ccccc2F)c(F)cc1F. The van der Waals surface area contributed by atoms with E-state index in [1.54, 1.807) is 32.2 Å². The zero-order valence-corrected chi connectivity index (χ0v) is 12.0. The molecule has 1 unspecified atom stereocenters. The van der Waals surface area contributed by atoms with Gasteiger partial charge in [-0.05, 0) is 13.0 Å².